The summed E-state index contributed by atoms with van der Waals surface area (Å²) in [5.41, 5.74) is -0.206. The highest BCUT2D eigenvalue weighted by Crippen LogP contribution is 2.40. The monoisotopic (exact) mass is 666 g/mol. The molecular formula is C34H36F6N2O5. The Morgan fingerprint density at radius 1 is 0.745 bits per heavy atom. The Hall–Kier alpha value is -4.13. The summed E-state index contributed by atoms with van der Waals surface area (Å²) in [5.74, 6) is -2.51. The molecule has 0 radical (unpaired) electrons. The SMILES string of the molecule is CCOC(=O)C(CC(O)C(C)c1oc(-c2ccc(C(F)(F)F)cc2)nc1C(C)C)c1oc(-c2ccc(C(F)(F)F)cc2)nc1C(C)C. The number of carbonyl (C=O) groups is 1. The quantitative estimate of drug-likeness (QED) is 0.126. The van der Waals surface area contributed by atoms with Gasteiger partial charge in [-0.3, -0.25) is 4.79 Å². The number of aromatic nitrogens is 2. The van der Waals surface area contributed by atoms with E-state index in [0.29, 0.717) is 22.7 Å². The molecule has 7 nitrogen and oxygen atoms in total. The average Bonchev–Trinajstić information content (AvgIpc) is 3.65. The Morgan fingerprint density at radius 3 is 1.53 bits per heavy atom. The molecule has 2 aromatic carbocycles. The molecule has 2 heterocycles. The fraction of sp³-hybridized carbons (Fsp3) is 0.441. The van der Waals surface area contributed by atoms with Gasteiger partial charge in [0.2, 0.25) is 11.8 Å². The number of hydrogen-bond donors (Lipinski definition) is 1. The maximum absolute atomic E-state index is 13.3. The summed E-state index contributed by atoms with van der Waals surface area (Å²) in [6.45, 7) is 10.7. The highest BCUT2D eigenvalue weighted by Gasteiger charge is 2.37. The molecule has 0 aliphatic heterocycles. The van der Waals surface area contributed by atoms with Gasteiger partial charge in [-0.05, 0) is 73.7 Å². The molecular weight excluding hydrogens is 630 g/mol. The van der Waals surface area contributed by atoms with Crippen molar-refractivity contribution < 1.29 is 49.8 Å². The average molecular weight is 667 g/mol. The van der Waals surface area contributed by atoms with Crippen LogP contribution in [0.2, 0.25) is 0 Å². The van der Waals surface area contributed by atoms with Crippen LogP contribution >= 0.6 is 0 Å². The minimum absolute atomic E-state index is 0.00720. The maximum Gasteiger partial charge on any atom is 0.416 e. The first kappa shape index (κ1) is 35.7. The van der Waals surface area contributed by atoms with Crippen LogP contribution in [0.25, 0.3) is 22.9 Å². The second-order valence-corrected chi connectivity index (χ2v) is 11.9. The number of rotatable bonds is 11. The van der Waals surface area contributed by atoms with Crippen LogP contribution in [-0.4, -0.2) is 33.8 Å². The molecule has 0 aliphatic rings. The van der Waals surface area contributed by atoms with Gasteiger partial charge in [-0.25, -0.2) is 9.97 Å². The van der Waals surface area contributed by atoms with Crippen molar-refractivity contribution in [2.75, 3.05) is 6.61 Å². The van der Waals surface area contributed by atoms with Gasteiger partial charge < -0.3 is 18.7 Å². The van der Waals surface area contributed by atoms with E-state index in [1.54, 1.807) is 13.8 Å². The van der Waals surface area contributed by atoms with Crippen molar-refractivity contribution in [1.82, 2.24) is 9.97 Å². The van der Waals surface area contributed by atoms with Crippen molar-refractivity contribution in [3.05, 3.63) is 82.6 Å². The number of benzene rings is 2. The van der Waals surface area contributed by atoms with Crippen molar-refractivity contribution in [3.63, 3.8) is 0 Å². The van der Waals surface area contributed by atoms with E-state index < -0.39 is 47.4 Å². The van der Waals surface area contributed by atoms with E-state index in [-0.39, 0.29) is 48.0 Å². The van der Waals surface area contributed by atoms with Gasteiger partial charge in [-0.1, -0.05) is 34.6 Å². The molecule has 13 heteroatoms. The number of halogens is 6. The third-order valence-corrected chi connectivity index (χ3v) is 7.73. The lowest BCUT2D eigenvalue weighted by Gasteiger charge is -2.23. The van der Waals surface area contributed by atoms with Crippen LogP contribution in [0.5, 0.6) is 0 Å². The van der Waals surface area contributed by atoms with Crippen LogP contribution in [-0.2, 0) is 21.9 Å². The lowest BCUT2D eigenvalue weighted by Crippen LogP contribution is -2.26. The minimum Gasteiger partial charge on any atom is -0.465 e. The maximum atomic E-state index is 13.3. The Morgan fingerprint density at radius 2 is 1.15 bits per heavy atom. The molecule has 47 heavy (non-hydrogen) atoms. The Kier molecular flexibility index (Phi) is 10.6. The molecule has 3 atom stereocenters. The molecule has 4 rings (SSSR count). The summed E-state index contributed by atoms with van der Waals surface area (Å²) in [4.78, 5) is 22.3. The number of nitrogens with zero attached hydrogens (tertiary/aromatic N) is 2. The van der Waals surface area contributed by atoms with Crippen LogP contribution in [0.15, 0.2) is 57.4 Å². The summed E-state index contributed by atoms with van der Waals surface area (Å²) >= 11 is 0. The predicted octanol–water partition coefficient (Wildman–Crippen LogP) is 9.48. The summed E-state index contributed by atoms with van der Waals surface area (Å²) in [6.07, 6.45) is -10.5. The second-order valence-electron chi connectivity index (χ2n) is 11.9. The number of alkyl halides is 6. The van der Waals surface area contributed by atoms with E-state index >= 15 is 0 Å². The van der Waals surface area contributed by atoms with E-state index in [2.05, 4.69) is 9.97 Å². The van der Waals surface area contributed by atoms with Crippen molar-refractivity contribution in [2.24, 2.45) is 0 Å². The summed E-state index contributed by atoms with van der Waals surface area (Å²) in [5, 5.41) is 11.5. The van der Waals surface area contributed by atoms with E-state index in [9.17, 15) is 36.2 Å². The predicted molar refractivity (Wildman–Crippen MR) is 160 cm³/mol. The molecule has 2 aromatic heterocycles. The normalized spacial score (nSPS) is 14.4. The number of esters is 1. The van der Waals surface area contributed by atoms with Crippen molar-refractivity contribution in [3.8, 4) is 22.9 Å². The second kappa shape index (κ2) is 13.9. The first-order valence-corrected chi connectivity index (χ1v) is 15.1. The van der Waals surface area contributed by atoms with Gasteiger partial charge in [0.05, 0.1) is 35.2 Å². The van der Waals surface area contributed by atoms with Gasteiger partial charge in [0.15, 0.2) is 0 Å². The molecule has 0 aliphatic carbocycles. The Bertz CT molecular complexity index is 1650. The first-order chi connectivity index (χ1) is 21.9. The molecule has 4 aromatic rings. The molecule has 254 valence electrons. The molecule has 0 saturated heterocycles. The smallest absolute Gasteiger partial charge is 0.416 e. The lowest BCUT2D eigenvalue weighted by atomic mass is 9.87. The first-order valence-electron chi connectivity index (χ1n) is 15.1. The van der Waals surface area contributed by atoms with E-state index in [4.69, 9.17) is 13.6 Å². The van der Waals surface area contributed by atoms with Crippen molar-refractivity contribution in [1.29, 1.82) is 0 Å². The number of hydrogen-bond acceptors (Lipinski definition) is 7. The number of aliphatic hydroxyl groups excluding tert-OH is 1. The van der Waals surface area contributed by atoms with Crippen LogP contribution < -0.4 is 0 Å². The van der Waals surface area contributed by atoms with E-state index in [1.165, 1.54) is 24.3 Å². The van der Waals surface area contributed by atoms with Crippen LogP contribution in [0.3, 0.4) is 0 Å². The fourth-order valence-electron chi connectivity index (χ4n) is 5.11. The molecule has 0 fully saturated rings. The molecule has 3 unspecified atom stereocenters. The molecule has 1 N–H and O–H groups in total. The van der Waals surface area contributed by atoms with E-state index in [1.807, 2.05) is 27.7 Å². The Balaban J connectivity index is 1.68. The highest BCUT2D eigenvalue weighted by molar-refractivity contribution is 5.78. The topological polar surface area (TPSA) is 98.6 Å². The van der Waals surface area contributed by atoms with Gasteiger partial charge in [0, 0.05) is 17.0 Å². The number of oxazole rings is 2. The van der Waals surface area contributed by atoms with Crippen LogP contribution in [0, 0.1) is 0 Å². The lowest BCUT2D eigenvalue weighted by molar-refractivity contribution is -0.146. The zero-order valence-electron chi connectivity index (χ0n) is 26.7. The zero-order chi connectivity index (χ0) is 34.8. The van der Waals surface area contributed by atoms with Gasteiger partial charge in [-0.15, -0.1) is 0 Å². The minimum atomic E-state index is -4.53. The number of carbonyl (C=O) groups excluding carboxylic acids is 1. The van der Waals surface area contributed by atoms with Crippen LogP contribution in [0.4, 0.5) is 26.3 Å². The van der Waals surface area contributed by atoms with Crippen molar-refractivity contribution >= 4 is 5.97 Å². The highest BCUT2D eigenvalue weighted by atomic mass is 19.4. The molecule has 0 amide bonds. The van der Waals surface area contributed by atoms with Gasteiger partial charge in [-0.2, -0.15) is 26.3 Å². The van der Waals surface area contributed by atoms with Gasteiger partial charge in [0.25, 0.3) is 0 Å². The number of aliphatic hydroxyl groups is 1. The van der Waals surface area contributed by atoms with Gasteiger partial charge >= 0.3 is 18.3 Å². The Labute approximate surface area is 268 Å². The van der Waals surface area contributed by atoms with Crippen molar-refractivity contribution in [2.45, 2.75) is 90.1 Å². The summed E-state index contributed by atoms with van der Waals surface area (Å²) in [7, 11) is 0. The summed E-state index contributed by atoms with van der Waals surface area (Å²) in [6, 6.07) is 8.64. The fourth-order valence-corrected chi connectivity index (χ4v) is 5.11. The third-order valence-electron chi connectivity index (χ3n) is 7.73. The van der Waals surface area contributed by atoms with Crippen LogP contribution in [0.1, 0.15) is 106 Å². The van der Waals surface area contributed by atoms with E-state index in [0.717, 1.165) is 24.3 Å². The largest absolute Gasteiger partial charge is 0.465 e. The van der Waals surface area contributed by atoms with Gasteiger partial charge in [0.1, 0.15) is 17.4 Å². The molecule has 0 saturated carbocycles. The number of ether oxygens (including phenoxy) is 1. The molecule has 0 spiro atoms. The summed E-state index contributed by atoms with van der Waals surface area (Å²) < 4.78 is 96.0. The standard InChI is InChI=1S/C34H36F6N2O5/c1-7-45-32(44)24(29-27(18(4)5)42-31(47-29)21-10-14-23(15-11-21)34(38,39)40)16-25(43)19(6)28-26(17(2)3)41-30(46-28)20-8-12-22(13-9-20)33(35,36)37/h8-15,17-19,24-25,43H,7,16H2,1-6H3. The molecule has 0 bridgehead atoms. The third kappa shape index (κ3) is 8.06. The zero-order valence-corrected chi connectivity index (χ0v) is 26.7.